The van der Waals surface area contributed by atoms with Crippen molar-refractivity contribution in [3.8, 4) is 5.75 Å². The molecular formula is C46H56N4O10. The monoisotopic (exact) mass is 824 g/mol. The van der Waals surface area contributed by atoms with Crippen molar-refractivity contribution < 1.29 is 48.3 Å². The summed E-state index contributed by atoms with van der Waals surface area (Å²) in [5, 5.41) is 21.2. The zero-order valence-corrected chi connectivity index (χ0v) is 35.4. The molecule has 14 nitrogen and oxygen atoms in total. The molecule has 14 heteroatoms. The van der Waals surface area contributed by atoms with Gasteiger partial charge in [0.1, 0.15) is 11.2 Å². The highest BCUT2D eigenvalue weighted by atomic mass is 16.6. The summed E-state index contributed by atoms with van der Waals surface area (Å²) >= 11 is 0. The number of aromatic nitrogens is 1. The molecule has 1 aromatic heterocycles. The maximum Gasteiger partial charge on any atom is 0.344 e. The van der Waals surface area contributed by atoms with Crippen LogP contribution in [0.2, 0.25) is 0 Å². The number of benzene rings is 2. The molecule has 9 atom stereocenters. The van der Waals surface area contributed by atoms with Gasteiger partial charge in [-0.15, -0.1) is 0 Å². The maximum absolute atomic E-state index is 15.2. The number of methoxy groups -OCH3 is 3. The predicted octanol–water partition coefficient (Wildman–Crippen LogP) is 4.45. The van der Waals surface area contributed by atoms with E-state index in [0.29, 0.717) is 50.2 Å². The Hall–Kier alpha value is -5.18. The zero-order chi connectivity index (χ0) is 42.9. The zero-order valence-electron chi connectivity index (χ0n) is 35.4. The van der Waals surface area contributed by atoms with Gasteiger partial charge in [-0.2, -0.15) is 0 Å². The Morgan fingerprint density at radius 2 is 1.75 bits per heavy atom. The largest absolute Gasteiger partial charge is 0.496 e. The number of fused-ring (bicyclic) bond motifs is 6. The van der Waals surface area contributed by atoms with Crippen LogP contribution >= 0.6 is 0 Å². The van der Waals surface area contributed by atoms with Gasteiger partial charge in [-0.3, -0.25) is 24.2 Å². The molecule has 1 saturated carbocycles. The minimum absolute atomic E-state index is 0.0284. The van der Waals surface area contributed by atoms with Crippen LogP contribution in [0.25, 0.3) is 10.9 Å². The van der Waals surface area contributed by atoms with Gasteiger partial charge in [0.2, 0.25) is 5.60 Å². The number of nitrogens with zero attached hydrogens (tertiary/aromatic N) is 3. The summed E-state index contributed by atoms with van der Waals surface area (Å²) in [5.74, 6) is -1.31. The fourth-order valence-corrected chi connectivity index (χ4v) is 12.8. The van der Waals surface area contributed by atoms with E-state index in [-0.39, 0.29) is 24.4 Å². The first-order valence-corrected chi connectivity index (χ1v) is 20.8. The molecule has 0 radical (unpaired) electrons. The van der Waals surface area contributed by atoms with Crippen molar-refractivity contribution >= 4 is 41.0 Å². The third kappa shape index (κ3) is 5.48. The van der Waals surface area contributed by atoms with Crippen molar-refractivity contribution in [2.45, 2.75) is 87.6 Å². The molecule has 1 spiro atoms. The van der Waals surface area contributed by atoms with E-state index in [1.54, 1.807) is 7.11 Å². The molecular weight excluding hydrogens is 769 g/mol. The van der Waals surface area contributed by atoms with Gasteiger partial charge in [-0.05, 0) is 61.4 Å². The number of esters is 3. The topological polar surface area (TPSA) is 171 Å². The van der Waals surface area contributed by atoms with Crippen LogP contribution in [0.4, 0.5) is 5.69 Å². The first-order chi connectivity index (χ1) is 28.8. The summed E-state index contributed by atoms with van der Waals surface area (Å²) in [6, 6.07) is 11.2. The number of carbonyl (C=O) groups excluding carboxylic acids is 3. The summed E-state index contributed by atoms with van der Waals surface area (Å²) in [7, 11) is 6.22. The molecule has 9 rings (SSSR count). The SMILES string of the molecule is CCC1=C[C@@H]2CN(C1)Cc1c([nH]c3ccccc13)[C@](C(=O)OC)(c1cc3c(cc1OC)N(C)[C@H]1[C@@](O)(C(=O)OC)[C@H](OC(C)=O)[C@]4(CC)C=CCN5CC[C@]31[C@@H]54)C2.O=CO. The van der Waals surface area contributed by atoms with E-state index in [1.807, 2.05) is 37.1 Å². The number of anilines is 1. The molecule has 2 bridgehead atoms. The van der Waals surface area contributed by atoms with Crippen LogP contribution in [0.15, 0.2) is 60.2 Å². The predicted molar refractivity (Wildman–Crippen MR) is 223 cm³/mol. The van der Waals surface area contributed by atoms with E-state index in [9.17, 15) is 14.7 Å². The maximum atomic E-state index is 15.2. The van der Waals surface area contributed by atoms with Crippen molar-refractivity contribution in [2.24, 2.45) is 11.3 Å². The van der Waals surface area contributed by atoms with Gasteiger partial charge in [0, 0.05) is 90.9 Å². The van der Waals surface area contributed by atoms with Crippen LogP contribution in [0.1, 0.15) is 68.8 Å². The van der Waals surface area contributed by atoms with Crippen LogP contribution in [0.5, 0.6) is 5.75 Å². The molecule has 1 aliphatic carbocycles. The van der Waals surface area contributed by atoms with Gasteiger partial charge in [0.25, 0.3) is 6.47 Å². The molecule has 320 valence electrons. The lowest BCUT2D eigenvalue weighted by atomic mass is 9.47. The number of carboxylic acid groups (broad SMARTS) is 1. The quantitative estimate of drug-likeness (QED) is 0.132. The highest BCUT2D eigenvalue weighted by Crippen LogP contribution is 2.68. The van der Waals surface area contributed by atoms with Crippen LogP contribution in [0, 0.1) is 11.3 Å². The molecule has 0 amide bonds. The fraction of sp³-hybridized carbons (Fsp3) is 0.522. The second kappa shape index (κ2) is 15.1. The fourth-order valence-electron chi connectivity index (χ4n) is 12.8. The summed E-state index contributed by atoms with van der Waals surface area (Å²) in [4.78, 5) is 61.5. The number of ether oxygens (including phenoxy) is 4. The third-order valence-corrected chi connectivity index (χ3v) is 14.8. The average Bonchev–Trinajstić information content (AvgIpc) is 3.90. The number of carbonyl (C=O) groups is 4. The van der Waals surface area contributed by atoms with Crippen LogP contribution in [0.3, 0.4) is 0 Å². The average molecular weight is 825 g/mol. The lowest BCUT2D eigenvalue weighted by Gasteiger charge is -2.63. The summed E-state index contributed by atoms with van der Waals surface area (Å²) in [6.07, 6.45) is 7.67. The van der Waals surface area contributed by atoms with Crippen LogP contribution < -0.4 is 9.64 Å². The Kier molecular flexibility index (Phi) is 10.4. The van der Waals surface area contributed by atoms with Gasteiger partial charge in [0.15, 0.2) is 6.10 Å². The van der Waals surface area contributed by atoms with Crippen LogP contribution in [-0.4, -0.2) is 128 Å². The highest BCUT2D eigenvalue weighted by molar-refractivity contribution is 5.95. The molecule has 1 unspecified atom stereocenters. The molecule has 6 aliphatic rings. The lowest BCUT2D eigenvalue weighted by Crippen LogP contribution is -2.81. The lowest BCUT2D eigenvalue weighted by molar-refractivity contribution is -0.228. The molecule has 5 aliphatic heterocycles. The standard InChI is InChI=1S/C45H54N4O8.CH2O2/c1-8-27-19-28-22-44(40(51)55-6,36-30(25-48(23-27)24-28)29-13-10-11-14-33(29)46-36)32-20-31-34(21-35(32)54-5)47(4)38-43(31)16-18-49-17-12-15-42(9-2,37(43)49)39(57-26(3)50)45(38,53)41(52)56-7;2-1-3/h10-15,19-21,28,37-39,46,53H,8-9,16-18,22-25H2,1-7H3;1H,(H,2,3)/t28-,37-,38+,39+,42+,43+,44+,45-;/m0./s1. The summed E-state index contributed by atoms with van der Waals surface area (Å²) < 4.78 is 23.9. The van der Waals surface area contributed by atoms with E-state index >= 15 is 4.79 Å². The van der Waals surface area contributed by atoms with Gasteiger partial charge in [0.05, 0.1) is 27.4 Å². The summed E-state index contributed by atoms with van der Waals surface area (Å²) in [5.41, 5.74) is 1.05. The Morgan fingerprint density at radius 3 is 2.42 bits per heavy atom. The molecule has 1 saturated heterocycles. The Balaban J connectivity index is 0.00000162. The van der Waals surface area contributed by atoms with Crippen molar-refractivity contribution in [3.63, 3.8) is 0 Å². The minimum atomic E-state index is -2.27. The van der Waals surface area contributed by atoms with E-state index in [1.165, 1.54) is 26.7 Å². The van der Waals surface area contributed by atoms with E-state index < -0.39 is 45.9 Å². The number of nitrogens with one attached hydrogen (secondary N) is 1. The number of hydrogen-bond acceptors (Lipinski definition) is 12. The van der Waals surface area contributed by atoms with Crippen LogP contribution in [-0.2, 0) is 50.8 Å². The second-order valence-corrected chi connectivity index (χ2v) is 17.3. The van der Waals surface area contributed by atoms with E-state index in [0.717, 1.165) is 52.9 Å². The normalized spacial score (nSPS) is 33.4. The molecule has 3 aromatic rings. The number of para-hydroxylation sites is 1. The Labute approximate surface area is 350 Å². The van der Waals surface area contributed by atoms with E-state index in [2.05, 4.69) is 58.1 Å². The summed E-state index contributed by atoms with van der Waals surface area (Å²) in [6.45, 7) is 8.94. The number of aliphatic hydroxyl groups is 1. The molecule has 3 N–H and O–H groups in total. The Bertz CT molecular complexity index is 2300. The van der Waals surface area contributed by atoms with Crippen molar-refractivity contribution in [3.05, 3.63) is 82.6 Å². The smallest absolute Gasteiger partial charge is 0.344 e. The minimum Gasteiger partial charge on any atom is -0.496 e. The van der Waals surface area contributed by atoms with Gasteiger partial charge < -0.3 is 39.0 Å². The van der Waals surface area contributed by atoms with Gasteiger partial charge >= 0.3 is 17.9 Å². The van der Waals surface area contributed by atoms with E-state index in [4.69, 9.17) is 28.8 Å². The third-order valence-electron chi connectivity index (χ3n) is 14.8. The van der Waals surface area contributed by atoms with Crippen molar-refractivity contribution in [1.82, 2.24) is 14.8 Å². The number of likely N-dealkylation sites (N-methyl/N-ethyl adjacent to an activating group) is 1. The number of H-pyrrole nitrogens is 1. The van der Waals surface area contributed by atoms with Crippen molar-refractivity contribution in [1.29, 1.82) is 0 Å². The van der Waals surface area contributed by atoms with Gasteiger partial charge in [-0.25, -0.2) is 4.79 Å². The number of aromatic amines is 1. The second-order valence-electron chi connectivity index (χ2n) is 17.3. The first kappa shape index (κ1) is 41.5. The first-order valence-electron chi connectivity index (χ1n) is 20.8. The highest BCUT2D eigenvalue weighted by Gasteiger charge is 2.80. The number of rotatable bonds is 7. The molecule has 6 heterocycles. The molecule has 2 aromatic carbocycles. The Morgan fingerprint density at radius 1 is 1.02 bits per heavy atom. The van der Waals surface area contributed by atoms with Crippen molar-refractivity contribution in [2.75, 3.05) is 59.5 Å². The molecule has 60 heavy (non-hydrogen) atoms. The molecule has 2 fully saturated rings. The number of hydrogen-bond donors (Lipinski definition) is 3. The van der Waals surface area contributed by atoms with Gasteiger partial charge in [-0.1, -0.05) is 55.8 Å².